The lowest BCUT2D eigenvalue weighted by Crippen LogP contribution is -2.45. The van der Waals surface area contributed by atoms with Gasteiger partial charge in [-0.2, -0.15) is 0 Å². The highest BCUT2D eigenvalue weighted by Crippen LogP contribution is 2.41. The maximum atomic E-state index is 12.5. The van der Waals surface area contributed by atoms with Gasteiger partial charge in [0.1, 0.15) is 0 Å². The number of amides is 2. The number of hydrogen-bond donors (Lipinski definition) is 2. The number of nitrogens with zero attached hydrogens (tertiary/aromatic N) is 2. The first-order valence-electron chi connectivity index (χ1n) is 7.29. The number of fused-ring (bicyclic) bond motifs is 2. The highest BCUT2D eigenvalue weighted by molar-refractivity contribution is 5.79. The number of aliphatic carboxylic acids is 1. The number of aromatic nitrogens is 1. The van der Waals surface area contributed by atoms with E-state index >= 15 is 0 Å². The molecule has 2 N–H and O–H groups in total. The molecular formula is C15H19N3O3. The molecule has 0 spiro atoms. The number of carbonyl (C=O) groups is 2. The molecule has 21 heavy (non-hydrogen) atoms. The van der Waals surface area contributed by atoms with Crippen LogP contribution in [0.5, 0.6) is 0 Å². The van der Waals surface area contributed by atoms with Gasteiger partial charge >= 0.3 is 12.0 Å². The summed E-state index contributed by atoms with van der Waals surface area (Å²) >= 11 is 0. The quantitative estimate of drug-likeness (QED) is 0.888. The Hall–Kier alpha value is -2.11. The molecular weight excluding hydrogens is 270 g/mol. The molecule has 2 fully saturated rings. The van der Waals surface area contributed by atoms with E-state index in [1.165, 1.54) is 0 Å². The fraction of sp³-hybridized carbons (Fsp3) is 0.533. The molecule has 0 saturated carbocycles. The second-order valence-electron chi connectivity index (χ2n) is 5.84. The van der Waals surface area contributed by atoms with Crippen LogP contribution in [-0.2, 0) is 4.79 Å². The van der Waals surface area contributed by atoms with Gasteiger partial charge in [-0.05, 0) is 43.9 Å². The second-order valence-corrected chi connectivity index (χ2v) is 5.84. The van der Waals surface area contributed by atoms with E-state index in [2.05, 4.69) is 10.3 Å². The van der Waals surface area contributed by atoms with Crippen molar-refractivity contribution >= 4 is 12.0 Å². The van der Waals surface area contributed by atoms with Gasteiger partial charge in [0.05, 0.1) is 12.0 Å². The summed E-state index contributed by atoms with van der Waals surface area (Å²) in [6.45, 7) is 1.92. The van der Waals surface area contributed by atoms with Gasteiger partial charge in [-0.25, -0.2) is 4.79 Å². The van der Waals surface area contributed by atoms with Gasteiger partial charge in [0.25, 0.3) is 0 Å². The molecule has 6 heteroatoms. The van der Waals surface area contributed by atoms with Crippen molar-refractivity contribution in [3.63, 3.8) is 0 Å². The Balaban J connectivity index is 1.68. The number of carbonyl (C=O) groups excluding carboxylic acids is 1. The first-order valence-corrected chi connectivity index (χ1v) is 7.29. The van der Waals surface area contributed by atoms with Crippen LogP contribution in [0.2, 0.25) is 0 Å². The second kappa shape index (κ2) is 5.35. The zero-order valence-corrected chi connectivity index (χ0v) is 11.9. The van der Waals surface area contributed by atoms with Crippen LogP contribution in [0.3, 0.4) is 0 Å². The van der Waals surface area contributed by atoms with Crippen LogP contribution in [0.4, 0.5) is 4.79 Å². The van der Waals surface area contributed by atoms with E-state index in [1.807, 2.05) is 19.1 Å². The van der Waals surface area contributed by atoms with E-state index < -0.39 is 11.9 Å². The Morgan fingerprint density at radius 1 is 1.38 bits per heavy atom. The van der Waals surface area contributed by atoms with Gasteiger partial charge < -0.3 is 15.3 Å². The Bertz CT molecular complexity index is 548. The van der Waals surface area contributed by atoms with Crippen molar-refractivity contribution in [1.82, 2.24) is 15.2 Å². The number of pyridine rings is 1. The van der Waals surface area contributed by atoms with E-state index in [0.717, 1.165) is 18.4 Å². The van der Waals surface area contributed by atoms with Gasteiger partial charge in [-0.3, -0.25) is 9.78 Å². The molecule has 3 rings (SSSR count). The molecule has 0 aromatic carbocycles. The van der Waals surface area contributed by atoms with Crippen molar-refractivity contribution in [3.05, 3.63) is 30.1 Å². The normalized spacial score (nSPS) is 28.4. The van der Waals surface area contributed by atoms with Crippen molar-refractivity contribution in [1.29, 1.82) is 0 Å². The van der Waals surface area contributed by atoms with Crippen LogP contribution in [0.15, 0.2) is 24.5 Å². The van der Waals surface area contributed by atoms with Crippen LogP contribution in [-0.4, -0.2) is 39.1 Å². The molecule has 2 bridgehead atoms. The third-order valence-corrected chi connectivity index (χ3v) is 4.63. The van der Waals surface area contributed by atoms with Crippen LogP contribution in [0, 0.1) is 5.92 Å². The van der Waals surface area contributed by atoms with E-state index in [4.69, 9.17) is 0 Å². The molecule has 4 unspecified atom stereocenters. The summed E-state index contributed by atoms with van der Waals surface area (Å²) in [7, 11) is 0. The van der Waals surface area contributed by atoms with Crippen molar-refractivity contribution in [3.8, 4) is 0 Å². The molecule has 112 valence electrons. The summed E-state index contributed by atoms with van der Waals surface area (Å²) in [5.74, 6) is -1.20. The smallest absolute Gasteiger partial charge is 0.318 e. The van der Waals surface area contributed by atoms with Crippen molar-refractivity contribution in [2.24, 2.45) is 5.92 Å². The molecule has 0 radical (unpaired) electrons. The molecule has 6 nitrogen and oxygen atoms in total. The van der Waals surface area contributed by atoms with E-state index in [-0.39, 0.29) is 24.2 Å². The minimum atomic E-state index is -0.790. The molecule has 2 amide bonds. The van der Waals surface area contributed by atoms with Crippen molar-refractivity contribution in [2.45, 2.75) is 44.3 Å². The van der Waals surface area contributed by atoms with Crippen LogP contribution in [0.1, 0.15) is 37.8 Å². The molecule has 2 saturated heterocycles. The zero-order valence-electron chi connectivity index (χ0n) is 11.9. The number of carboxylic acid groups (broad SMARTS) is 1. The standard InChI is InChI=1S/C15H19N3O3/c1-9(10-4-6-16-7-5-10)17-15(21)18-11-2-3-13(18)12(8-11)14(19)20/h4-7,9,11-13H,2-3,8H2,1H3,(H,17,21)(H,19,20). The maximum Gasteiger partial charge on any atom is 0.318 e. The summed E-state index contributed by atoms with van der Waals surface area (Å²) in [5, 5.41) is 12.2. The fourth-order valence-corrected chi connectivity index (χ4v) is 3.57. The summed E-state index contributed by atoms with van der Waals surface area (Å²) in [6.07, 6.45) is 5.66. The average molecular weight is 289 g/mol. The van der Waals surface area contributed by atoms with Gasteiger partial charge in [0, 0.05) is 24.5 Å². The summed E-state index contributed by atoms with van der Waals surface area (Å²) in [6, 6.07) is 3.37. The molecule has 2 aliphatic heterocycles. The highest BCUT2D eigenvalue weighted by Gasteiger charge is 2.51. The van der Waals surface area contributed by atoms with Crippen LogP contribution < -0.4 is 5.32 Å². The van der Waals surface area contributed by atoms with Crippen LogP contribution >= 0.6 is 0 Å². The molecule has 3 heterocycles. The Morgan fingerprint density at radius 3 is 2.71 bits per heavy atom. The topological polar surface area (TPSA) is 82.5 Å². The monoisotopic (exact) mass is 289 g/mol. The van der Waals surface area contributed by atoms with E-state index in [9.17, 15) is 14.7 Å². The average Bonchev–Trinajstić information content (AvgIpc) is 3.05. The molecule has 2 aliphatic rings. The van der Waals surface area contributed by atoms with Crippen molar-refractivity contribution < 1.29 is 14.7 Å². The number of carboxylic acids is 1. The zero-order chi connectivity index (χ0) is 15.0. The predicted molar refractivity (Wildman–Crippen MR) is 75.6 cm³/mol. The summed E-state index contributed by atoms with van der Waals surface area (Å²) in [4.78, 5) is 29.4. The van der Waals surface area contributed by atoms with E-state index in [0.29, 0.717) is 6.42 Å². The van der Waals surface area contributed by atoms with Crippen molar-refractivity contribution in [2.75, 3.05) is 0 Å². The SMILES string of the molecule is CC(NC(=O)N1C2CCC1C(C(=O)O)C2)c1ccncc1. The Labute approximate surface area is 123 Å². The fourth-order valence-electron chi connectivity index (χ4n) is 3.57. The predicted octanol–water partition coefficient (Wildman–Crippen LogP) is 1.79. The number of rotatable bonds is 3. The minimum Gasteiger partial charge on any atom is -0.481 e. The van der Waals surface area contributed by atoms with E-state index in [1.54, 1.807) is 17.3 Å². The Kier molecular flexibility index (Phi) is 3.53. The number of hydrogen-bond acceptors (Lipinski definition) is 3. The maximum absolute atomic E-state index is 12.5. The summed E-state index contributed by atoms with van der Waals surface area (Å²) < 4.78 is 0. The first kappa shape index (κ1) is 13.9. The molecule has 1 aromatic heterocycles. The lowest BCUT2D eigenvalue weighted by molar-refractivity contribution is -0.142. The van der Waals surface area contributed by atoms with Gasteiger partial charge in [0.15, 0.2) is 0 Å². The molecule has 4 atom stereocenters. The van der Waals surface area contributed by atoms with Crippen LogP contribution in [0.25, 0.3) is 0 Å². The minimum absolute atomic E-state index is 0.0701. The molecule has 0 aliphatic carbocycles. The highest BCUT2D eigenvalue weighted by atomic mass is 16.4. The largest absolute Gasteiger partial charge is 0.481 e. The Morgan fingerprint density at radius 2 is 2.10 bits per heavy atom. The van der Waals surface area contributed by atoms with Gasteiger partial charge in [-0.15, -0.1) is 0 Å². The lowest BCUT2D eigenvalue weighted by Gasteiger charge is -2.25. The summed E-state index contributed by atoms with van der Waals surface area (Å²) in [5.41, 5.74) is 0.986. The molecule has 1 aromatic rings. The van der Waals surface area contributed by atoms with Gasteiger partial charge in [-0.1, -0.05) is 0 Å². The number of urea groups is 1. The lowest BCUT2D eigenvalue weighted by atomic mass is 9.89. The van der Waals surface area contributed by atoms with Gasteiger partial charge in [0.2, 0.25) is 0 Å². The third kappa shape index (κ3) is 2.46. The first-order chi connectivity index (χ1) is 10.1. The number of nitrogens with one attached hydrogen (secondary N) is 1. The third-order valence-electron chi connectivity index (χ3n) is 4.63.